The Hall–Kier alpha value is -1.17. The predicted molar refractivity (Wildman–Crippen MR) is 97.7 cm³/mol. The van der Waals surface area contributed by atoms with Gasteiger partial charge in [-0.2, -0.15) is 5.06 Å². The van der Waals surface area contributed by atoms with Crippen molar-refractivity contribution in [2.75, 3.05) is 19.7 Å². The van der Waals surface area contributed by atoms with Crippen molar-refractivity contribution in [1.29, 1.82) is 0 Å². The number of ketones is 1. The molecule has 24 heavy (non-hydrogen) atoms. The van der Waals surface area contributed by atoms with Crippen LogP contribution in [0.2, 0.25) is 0 Å². The lowest BCUT2D eigenvalue weighted by atomic mass is 9.77. The molecule has 0 saturated carbocycles. The van der Waals surface area contributed by atoms with Crippen molar-refractivity contribution in [1.82, 2.24) is 5.06 Å². The second-order valence-electron chi connectivity index (χ2n) is 6.81. The lowest BCUT2D eigenvalue weighted by molar-refractivity contribution is -0.178. The maximum atomic E-state index is 12.8. The number of allylic oxidation sites excluding steroid dienone is 2. The fourth-order valence-corrected chi connectivity index (χ4v) is 4.31. The summed E-state index contributed by atoms with van der Waals surface area (Å²) in [5.41, 5.74) is 3.02. The molecule has 1 aromatic carbocycles. The Kier molecular flexibility index (Phi) is 4.87. The second kappa shape index (κ2) is 6.62. The van der Waals surface area contributed by atoms with Gasteiger partial charge in [-0.15, -0.1) is 0 Å². The molecule has 1 spiro atoms. The van der Waals surface area contributed by atoms with E-state index in [0.29, 0.717) is 18.6 Å². The average Bonchev–Trinajstić information content (AvgIpc) is 2.78. The molecular weight excluding hydrogens is 370 g/mol. The topological polar surface area (TPSA) is 49.8 Å². The van der Waals surface area contributed by atoms with Crippen molar-refractivity contribution in [2.45, 2.75) is 40.0 Å². The maximum absolute atomic E-state index is 12.8. The highest BCUT2D eigenvalue weighted by atomic mass is 79.9. The summed E-state index contributed by atoms with van der Waals surface area (Å²) in [6, 6.07) is 3.98. The molecule has 130 valence electrons. The Morgan fingerprint density at radius 1 is 1.29 bits per heavy atom. The molecule has 2 aliphatic rings. The number of nitrogens with zero attached hydrogens (tertiary/aromatic N) is 1. The van der Waals surface area contributed by atoms with Crippen molar-refractivity contribution >= 4 is 27.3 Å². The molecule has 0 unspecified atom stereocenters. The average molecular weight is 394 g/mol. The Labute approximate surface area is 151 Å². The van der Waals surface area contributed by atoms with E-state index in [-0.39, 0.29) is 11.5 Å². The van der Waals surface area contributed by atoms with E-state index in [1.807, 2.05) is 38.0 Å². The fraction of sp³-hybridized carbons (Fsp3) is 0.526. The number of carbonyl (C=O) groups excluding carboxylic acids is 1. The smallest absolute Gasteiger partial charge is 0.167 e. The van der Waals surface area contributed by atoms with E-state index < -0.39 is 5.41 Å². The van der Waals surface area contributed by atoms with Crippen LogP contribution in [0.1, 0.15) is 42.9 Å². The van der Waals surface area contributed by atoms with E-state index in [4.69, 9.17) is 4.84 Å². The first-order chi connectivity index (χ1) is 11.4. The molecule has 1 aliphatic heterocycles. The molecule has 1 fully saturated rings. The van der Waals surface area contributed by atoms with Gasteiger partial charge in [0.1, 0.15) is 5.76 Å². The number of piperidine rings is 1. The van der Waals surface area contributed by atoms with E-state index >= 15 is 0 Å². The fourth-order valence-electron chi connectivity index (χ4n) is 3.98. The molecule has 1 N–H and O–H groups in total. The summed E-state index contributed by atoms with van der Waals surface area (Å²) >= 11 is 3.54. The second-order valence-corrected chi connectivity index (χ2v) is 7.67. The quantitative estimate of drug-likeness (QED) is 0.829. The number of hydroxylamine groups is 2. The first-order valence-corrected chi connectivity index (χ1v) is 9.30. The van der Waals surface area contributed by atoms with Gasteiger partial charge in [0.2, 0.25) is 0 Å². The number of hydrogen-bond acceptors (Lipinski definition) is 4. The van der Waals surface area contributed by atoms with Gasteiger partial charge in [-0.05, 0) is 56.4 Å². The Morgan fingerprint density at radius 3 is 2.58 bits per heavy atom. The lowest BCUT2D eigenvalue weighted by Crippen LogP contribution is -2.40. The molecule has 1 saturated heterocycles. The summed E-state index contributed by atoms with van der Waals surface area (Å²) in [5, 5.41) is 13.0. The molecule has 1 heterocycles. The van der Waals surface area contributed by atoms with E-state index in [1.54, 1.807) is 0 Å². The van der Waals surface area contributed by atoms with Crippen LogP contribution in [0.5, 0.6) is 0 Å². The number of aliphatic hydroxyl groups is 1. The zero-order valence-corrected chi connectivity index (χ0v) is 16.1. The Bertz CT molecular complexity index is 703. The number of benzene rings is 1. The lowest BCUT2D eigenvalue weighted by Gasteiger charge is -2.38. The van der Waals surface area contributed by atoms with Crippen molar-refractivity contribution < 1.29 is 14.7 Å². The van der Waals surface area contributed by atoms with Crippen LogP contribution in [0.3, 0.4) is 0 Å². The molecule has 1 aliphatic carbocycles. The first kappa shape index (κ1) is 17.6. The van der Waals surface area contributed by atoms with Gasteiger partial charge in [-0.3, -0.25) is 9.63 Å². The summed E-state index contributed by atoms with van der Waals surface area (Å²) in [6.45, 7) is 8.09. The minimum absolute atomic E-state index is 0.0571. The van der Waals surface area contributed by atoms with E-state index in [9.17, 15) is 9.90 Å². The van der Waals surface area contributed by atoms with Gasteiger partial charge in [0.25, 0.3) is 0 Å². The van der Waals surface area contributed by atoms with Crippen LogP contribution in [-0.4, -0.2) is 35.6 Å². The molecule has 1 aromatic rings. The monoisotopic (exact) mass is 393 g/mol. The normalized spacial score (nSPS) is 21.1. The summed E-state index contributed by atoms with van der Waals surface area (Å²) in [5.74, 6) is 0.342. The van der Waals surface area contributed by atoms with E-state index in [2.05, 4.69) is 15.9 Å². The van der Waals surface area contributed by atoms with Crippen LogP contribution in [0.4, 0.5) is 0 Å². The largest absolute Gasteiger partial charge is 0.511 e. The summed E-state index contributed by atoms with van der Waals surface area (Å²) in [4.78, 5) is 18.4. The number of rotatable bonds is 3. The maximum Gasteiger partial charge on any atom is 0.167 e. The number of Topliss-reactive ketones (excluding diaryl/α,β-unsaturated/α-hetero) is 1. The van der Waals surface area contributed by atoms with Gasteiger partial charge in [0, 0.05) is 29.4 Å². The standard InChI is InChI=1S/C19H24BrNO3/c1-4-24-21-9-7-19(8-10-21)11-15(22)17(18(19)23)16-12(2)5-6-14(20)13(16)3/h5-6,23H,4,7-11H2,1-3H3. The Morgan fingerprint density at radius 2 is 1.96 bits per heavy atom. The SMILES string of the molecule is CCON1CCC2(CC1)CC(=O)C(c1c(C)ccc(Br)c1C)=C2O. The highest BCUT2D eigenvalue weighted by Gasteiger charge is 2.48. The minimum Gasteiger partial charge on any atom is -0.511 e. The number of aryl methyl sites for hydroxylation is 1. The third-order valence-corrected chi connectivity index (χ3v) is 6.22. The number of carbonyl (C=O) groups is 1. The van der Waals surface area contributed by atoms with Gasteiger partial charge < -0.3 is 5.11 Å². The van der Waals surface area contributed by atoms with Crippen LogP contribution >= 0.6 is 15.9 Å². The van der Waals surface area contributed by atoms with Crippen LogP contribution < -0.4 is 0 Å². The highest BCUT2D eigenvalue weighted by Crippen LogP contribution is 2.51. The molecule has 4 nitrogen and oxygen atoms in total. The van der Waals surface area contributed by atoms with E-state index in [1.165, 1.54) is 0 Å². The molecule has 0 atom stereocenters. The number of hydrogen-bond donors (Lipinski definition) is 1. The predicted octanol–water partition coefficient (Wildman–Crippen LogP) is 4.34. The van der Waals surface area contributed by atoms with Crippen molar-refractivity contribution in [2.24, 2.45) is 5.41 Å². The van der Waals surface area contributed by atoms with Gasteiger partial charge in [0.15, 0.2) is 5.78 Å². The number of aliphatic hydroxyl groups excluding tert-OH is 1. The minimum atomic E-state index is -0.415. The van der Waals surface area contributed by atoms with Gasteiger partial charge >= 0.3 is 0 Å². The first-order valence-electron chi connectivity index (χ1n) is 8.50. The molecule has 0 radical (unpaired) electrons. The van der Waals surface area contributed by atoms with Crippen molar-refractivity contribution in [3.05, 3.63) is 39.1 Å². The summed E-state index contributed by atoms with van der Waals surface area (Å²) in [7, 11) is 0. The Balaban J connectivity index is 1.99. The zero-order valence-electron chi connectivity index (χ0n) is 14.5. The van der Waals surface area contributed by atoms with Gasteiger partial charge in [0.05, 0.1) is 12.2 Å². The molecule has 0 bridgehead atoms. The van der Waals surface area contributed by atoms with Crippen molar-refractivity contribution in [3.63, 3.8) is 0 Å². The molecule has 0 aromatic heterocycles. The van der Waals surface area contributed by atoms with Crippen LogP contribution in [0, 0.1) is 19.3 Å². The van der Waals surface area contributed by atoms with Gasteiger partial charge in [-0.25, -0.2) is 0 Å². The van der Waals surface area contributed by atoms with E-state index in [0.717, 1.165) is 47.1 Å². The van der Waals surface area contributed by atoms with Crippen LogP contribution in [0.25, 0.3) is 5.57 Å². The van der Waals surface area contributed by atoms with Gasteiger partial charge in [-0.1, -0.05) is 22.0 Å². The molecular formula is C19H24BrNO3. The molecule has 0 amide bonds. The van der Waals surface area contributed by atoms with Crippen LogP contribution in [-0.2, 0) is 9.63 Å². The summed E-state index contributed by atoms with van der Waals surface area (Å²) < 4.78 is 0.961. The van der Waals surface area contributed by atoms with Crippen molar-refractivity contribution in [3.8, 4) is 0 Å². The highest BCUT2D eigenvalue weighted by molar-refractivity contribution is 9.10. The zero-order chi connectivity index (χ0) is 17.5. The van der Waals surface area contributed by atoms with Crippen LogP contribution in [0.15, 0.2) is 22.4 Å². The summed E-state index contributed by atoms with van der Waals surface area (Å²) in [6.07, 6.45) is 1.90. The molecule has 5 heteroatoms. The number of halogens is 1. The third kappa shape index (κ3) is 2.83. The molecule has 3 rings (SSSR count). The third-order valence-electron chi connectivity index (χ3n) is 5.37.